The molecule has 0 aromatic heterocycles. The van der Waals surface area contributed by atoms with Gasteiger partial charge in [-0.25, -0.2) is 4.79 Å². The van der Waals surface area contributed by atoms with E-state index >= 15 is 0 Å². The van der Waals surface area contributed by atoms with E-state index < -0.39 is 29.4 Å². The van der Waals surface area contributed by atoms with Crippen molar-refractivity contribution in [3.63, 3.8) is 0 Å². The van der Waals surface area contributed by atoms with Gasteiger partial charge < -0.3 is 5.11 Å². The van der Waals surface area contributed by atoms with Crippen LogP contribution in [-0.4, -0.2) is 29.1 Å². The fourth-order valence-electron chi connectivity index (χ4n) is 2.20. The molecule has 17 heavy (non-hydrogen) atoms. The first-order valence-corrected chi connectivity index (χ1v) is 5.50. The predicted octanol–water partition coefficient (Wildman–Crippen LogP) is -0.170. The molecule has 6 nitrogen and oxygen atoms in total. The maximum absolute atomic E-state index is 11.8. The molecule has 1 aliphatic carbocycles. The van der Waals surface area contributed by atoms with E-state index in [1.54, 1.807) is 6.08 Å². The van der Waals surface area contributed by atoms with Crippen LogP contribution < -0.4 is 10.6 Å². The van der Waals surface area contributed by atoms with Gasteiger partial charge in [-0.1, -0.05) is 6.08 Å². The predicted molar refractivity (Wildman–Crippen MR) is 57.7 cm³/mol. The number of rotatable bonds is 1. The average molecular weight is 238 g/mol. The Hall–Kier alpha value is -1.69. The summed E-state index contributed by atoms with van der Waals surface area (Å²) in [5.41, 5.74) is -0.825. The molecule has 2 aliphatic rings. The molecule has 1 heterocycles. The summed E-state index contributed by atoms with van der Waals surface area (Å²) < 4.78 is 0. The van der Waals surface area contributed by atoms with Gasteiger partial charge in [0, 0.05) is 0 Å². The third-order valence-corrected chi connectivity index (χ3v) is 3.34. The molecule has 1 fully saturated rings. The fourth-order valence-corrected chi connectivity index (χ4v) is 2.20. The summed E-state index contributed by atoms with van der Waals surface area (Å²) in [4.78, 5) is 34.6. The number of urea groups is 1. The molecule has 6 heteroatoms. The zero-order valence-corrected chi connectivity index (χ0v) is 9.45. The van der Waals surface area contributed by atoms with Crippen LogP contribution in [0.4, 0.5) is 4.79 Å². The Morgan fingerprint density at radius 3 is 2.41 bits per heavy atom. The van der Waals surface area contributed by atoms with E-state index in [0.717, 1.165) is 6.42 Å². The second kappa shape index (κ2) is 3.96. The van der Waals surface area contributed by atoms with Crippen LogP contribution >= 0.6 is 0 Å². The number of aliphatic hydroxyl groups excluding tert-OH is 1. The molecule has 0 bridgehead atoms. The van der Waals surface area contributed by atoms with Crippen LogP contribution in [0.1, 0.15) is 26.2 Å². The van der Waals surface area contributed by atoms with Crippen molar-refractivity contribution in [3.05, 3.63) is 11.6 Å². The van der Waals surface area contributed by atoms with Crippen molar-refractivity contribution < 1.29 is 19.5 Å². The largest absolute Gasteiger partial charge is 0.389 e. The van der Waals surface area contributed by atoms with Crippen LogP contribution in [0.3, 0.4) is 0 Å². The monoisotopic (exact) mass is 238 g/mol. The van der Waals surface area contributed by atoms with E-state index in [0.29, 0.717) is 18.4 Å². The molecule has 1 unspecified atom stereocenters. The highest BCUT2D eigenvalue weighted by Gasteiger charge is 2.49. The lowest BCUT2D eigenvalue weighted by Crippen LogP contribution is -2.62. The van der Waals surface area contributed by atoms with Crippen molar-refractivity contribution >= 4 is 17.8 Å². The molecule has 0 saturated carbocycles. The minimum atomic E-state index is -1.39. The minimum Gasteiger partial charge on any atom is -0.389 e. The lowest BCUT2D eigenvalue weighted by Gasteiger charge is -2.34. The van der Waals surface area contributed by atoms with Gasteiger partial charge in [0.05, 0.1) is 6.10 Å². The first-order valence-electron chi connectivity index (χ1n) is 5.50. The molecule has 0 aromatic rings. The molecule has 0 aromatic carbocycles. The fraction of sp³-hybridized carbons (Fsp3) is 0.545. The highest BCUT2D eigenvalue weighted by molar-refractivity contribution is 6.20. The van der Waals surface area contributed by atoms with Crippen LogP contribution in [0.5, 0.6) is 0 Å². The van der Waals surface area contributed by atoms with E-state index in [1.165, 1.54) is 6.92 Å². The first kappa shape index (κ1) is 11.8. The number of hydrogen-bond acceptors (Lipinski definition) is 4. The SMILES string of the molecule is CC1(C2=CC(O)CCC2)C(=O)NC(=O)NC1=O. The second-order valence-corrected chi connectivity index (χ2v) is 4.51. The van der Waals surface area contributed by atoms with Gasteiger partial charge in [-0.2, -0.15) is 0 Å². The van der Waals surface area contributed by atoms with Crippen molar-refractivity contribution in [2.45, 2.75) is 32.3 Å². The summed E-state index contributed by atoms with van der Waals surface area (Å²) in [6.45, 7) is 1.47. The van der Waals surface area contributed by atoms with Gasteiger partial charge >= 0.3 is 6.03 Å². The maximum atomic E-state index is 11.8. The molecule has 1 atom stereocenters. The lowest BCUT2D eigenvalue weighted by atomic mass is 9.74. The second-order valence-electron chi connectivity index (χ2n) is 4.51. The Morgan fingerprint density at radius 1 is 1.29 bits per heavy atom. The molecule has 4 amide bonds. The van der Waals surface area contributed by atoms with Crippen LogP contribution in [0.15, 0.2) is 11.6 Å². The van der Waals surface area contributed by atoms with E-state index in [2.05, 4.69) is 10.6 Å². The quantitative estimate of drug-likeness (QED) is 0.436. The number of nitrogens with one attached hydrogen (secondary N) is 2. The Labute approximate surface area is 98.1 Å². The smallest absolute Gasteiger partial charge is 0.328 e. The molecule has 3 N–H and O–H groups in total. The van der Waals surface area contributed by atoms with Gasteiger partial charge in [0.25, 0.3) is 0 Å². The van der Waals surface area contributed by atoms with Crippen molar-refractivity contribution in [1.29, 1.82) is 0 Å². The van der Waals surface area contributed by atoms with E-state index in [9.17, 15) is 19.5 Å². The molecule has 1 aliphatic heterocycles. The molecule has 0 spiro atoms. The van der Waals surface area contributed by atoms with Crippen LogP contribution in [0.25, 0.3) is 0 Å². The van der Waals surface area contributed by atoms with Gasteiger partial charge in [-0.15, -0.1) is 0 Å². The Balaban J connectivity index is 2.37. The van der Waals surface area contributed by atoms with Crippen LogP contribution in [-0.2, 0) is 9.59 Å². The number of aliphatic hydroxyl groups is 1. The number of amides is 4. The van der Waals surface area contributed by atoms with Crippen LogP contribution in [0.2, 0.25) is 0 Å². The molecule has 2 rings (SSSR count). The lowest BCUT2D eigenvalue weighted by molar-refractivity contribution is -0.140. The van der Waals surface area contributed by atoms with Crippen molar-refractivity contribution in [2.24, 2.45) is 5.41 Å². The summed E-state index contributed by atoms with van der Waals surface area (Å²) in [6.07, 6.45) is 2.83. The highest BCUT2D eigenvalue weighted by Crippen LogP contribution is 2.36. The molecular formula is C11H14N2O4. The van der Waals surface area contributed by atoms with Crippen molar-refractivity contribution in [2.75, 3.05) is 0 Å². The standard InChI is InChI=1S/C11H14N2O4/c1-11(6-3-2-4-7(14)5-6)8(15)12-10(17)13-9(11)16/h5,7,14H,2-4H2,1H3,(H2,12,13,15,16,17). The number of imide groups is 2. The molecule has 0 radical (unpaired) electrons. The summed E-state index contributed by atoms with van der Waals surface area (Å²) in [5, 5.41) is 13.7. The normalized spacial score (nSPS) is 28.2. The van der Waals surface area contributed by atoms with Gasteiger partial charge in [0.15, 0.2) is 0 Å². The van der Waals surface area contributed by atoms with Gasteiger partial charge in [0.1, 0.15) is 5.41 Å². The third-order valence-electron chi connectivity index (χ3n) is 3.34. The maximum Gasteiger partial charge on any atom is 0.328 e. The molecular weight excluding hydrogens is 224 g/mol. The molecule has 92 valence electrons. The Kier molecular flexibility index (Phi) is 2.74. The Morgan fingerprint density at radius 2 is 1.88 bits per heavy atom. The third kappa shape index (κ3) is 1.84. The summed E-state index contributed by atoms with van der Waals surface area (Å²) in [6, 6.07) is -0.797. The molecule has 1 saturated heterocycles. The van der Waals surface area contributed by atoms with Crippen molar-refractivity contribution in [1.82, 2.24) is 10.6 Å². The van der Waals surface area contributed by atoms with E-state index in [4.69, 9.17) is 0 Å². The highest BCUT2D eigenvalue weighted by atomic mass is 16.3. The van der Waals surface area contributed by atoms with Gasteiger partial charge in [0.2, 0.25) is 11.8 Å². The number of carbonyl (C=O) groups is 3. The topological polar surface area (TPSA) is 95.5 Å². The van der Waals surface area contributed by atoms with E-state index in [1.807, 2.05) is 0 Å². The summed E-state index contributed by atoms with van der Waals surface area (Å²) >= 11 is 0. The van der Waals surface area contributed by atoms with Gasteiger partial charge in [-0.05, 0) is 31.8 Å². The van der Waals surface area contributed by atoms with Crippen molar-refractivity contribution in [3.8, 4) is 0 Å². The van der Waals surface area contributed by atoms with Crippen LogP contribution in [0, 0.1) is 5.41 Å². The minimum absolute atomic E-state index is 0.568. The first-order chi connectivity index (χ1) is 7.94. The number of hydrogen-bond donors (Lipinski definition) is 3. The number of carbonyl (C=O) groups excluding carboxylic acids is 3. The number of barbiturate groups is 1. The zero-order chi connectivity index (χ0) is 12.6. The zero-order valence-electron chi connectivity index (χ0n) is 9.45. The Bertz CT molecular complexity index is 407. The summed E-state index contributed by atoms with van der Waals surface area (Å²) in [5.74, 6) is -1.27. The average Bonchev–Trinajstić information content (AvgIpc) is 2.25. The van der Waals surface area contributed by atoms with E-state index in [-0.39, 0.29) is 0 Å². The van der Waals surface area contributed by atoms with Gasteiger partial charge in [-0.3, -0.25) is 20.2 Å². The summed E-state index contributed by atoms with van der Waals surface area (Å²) in [7, 11) is 0.